The van der Waals surface area contributed by atoms with Gasteiger partial charge >= 0.3 is 0 Å². The maximum absolute atomic E-state index is 5.46. The van der Waals surface area contributed by atoms with Crippen molar-refractivity contribution >= 4 is 0 Å². The van der Waals surface area contributed by atoms with Gasteiger partial charge in [-0.05, 0) is 19.4 Å². The lowest BCUT2D eigenvalue weighted by Gasteiger charge is -1.97. The van der Waals surface area contributed by atoms with Gasteiger partial charge in [0.15, 0.2) is 0 Å². The molecule has 0 aliphatic heterocycles. The Morgan fingerprint density at radius 1 is 1.75 bits per heavy atom. The van der Waals surface area contributed by atoms with Gasteiger partial charge in [-0.3, -0.25) is 0 Å². The molecule has 0 rings (SSSR count). The van der Waals surface area contributed by atoms with Crippen molar-refractivity contribution in [1.29, 1.82) is 0 Å². The summed E-state index contributed by atoms with van der Waals surface area (Å²) in [7, 11) is 0. The van der Waals surface area contributed by atoms with Crippen LogP contribution in [0.5, 0.6) is 0 Å². The zero-order valence-electron chi connectivity index (χ0n) is 5.52. The maximum atomic E-state index is 5.46. The van der Waals surface area contributed by atoms with Crippen LogP contribution in [0, 0.1) is 0 Å². The summed E-state index contributed by atoms with van der Waals surface area (Å²) < 4.78 is 0. The lowest BCUT2D eigenvalue weighted by molar-refractivity contribution is 0.894. The molecule has 4 N–H and O–H groups in total. The SMILES string of the molecule is CC/C(N)=C/C(C)N. The van der Waals surface area contributed by atoms with Crippen molar-refractivity contribution in [2.45, 2.75) is 26.3 Å². The number of allylic oxidation sites excluding steroid dienone is 1. The minimum absolute atomic E-state index is 0.0925. The highest BCUT2D eigenvalue weighted by Gasteiger charge is 1.86. The fourth-order valence-electron chi connectivity index (χ4n) is 0.456. The third-order valence-corrected chi connectivity index (χ3v) is 0.885. The van der Waals surface area contributed by atoms with Gasteiger partial charge in [0.1, 0.15) is 0 Å². The summed E-state index contributed by atoms with van der Waals surface area (Å²) in [5.41, 5.74) is 11.7. The zero-order chi connectivity index (χ0) is 6.57. The van der Waals surface area contributed by atoms with Crippen LogP contribution in [0.15, 0.2) is 11.8 Å². The van der Waals surface area contributed by atoms with E-state index in [1.807, 2.05) is 19.9 Å². The number of hydrogen-bond donors (Lipinski definition) is 2. The Balaban J connectivity index is 3.56. The van der Waals surface area contributed by atoms with Crippen LogP contribution < -0.4 is 11.5 Å². The molecule has 1 unspecified atom stereocenters. The van der Waals surface area contributed by atoms with E-state index in [0.717, 1.165) is 12.1 Å². The molecular weight excluding hydrogens is 100 g/mol. The van der Waals surface area contributed by atoms with E-state index in [9.17, 15) is 0 Å². The molecule has 0 aliphatic rings. The Kier molecular flexibility index (Phi) is 3.28. The van der Waals surface area contributed by atoms with Crippen LogP contribution in [0.25, 0.3) is 0 Å². The van der Waals surface area contributed by atoms with E-state index in [4.69, 9.17) is 11.5 Å². The summed E-state index contributed by atoms with van der Waals surface area (Å²) in [5, 5.41) is 0. The smallest absolute Gasteiger partial charge is 0.0214 e. The quantitative estimate of drug-likeness (QED) is 0.552. The Hall–Kier alpha value is -0.500. The van der Waals surface area contributed by atoms with E-state index in [0.29, 0.717) is 0 Å². The second-order valence-corrected chi connectivity index (χ2v) is 1.95. The lowest BCUT2D eigenvalue weighted by Crippen LogP contribution is -2.13. The van der Waals surface area contributed by atoms with Gasteiger partial charge in [0.2, 0.25) is 0 Å². The van der Waals surface area contributed by atoms with Gasteiger partial charge in [0.05, 0.1) is 0 Å². The highest BCUT2D eigenvalue weighted by Crippen LogP contribution is 1.90. The summed E-state index contributed by atoms with van der Waals surface area (Å²) in [6.45, 7) is 3.91. The Bertz CT molecular complexity index is 84.5. The summed E-state index contributed by atoms with van der Waals surface area (Å²) in [6, 6.07) is 0.0925. The van der Waals surface area contributed by atoms with Crippen LogP contribution in [0.1, 0.15) is 20.3 Å². The van der Waals surface area contributed by atoms with Crippen molar-refractivity contribution in [2.24, 2.45) is 11.5 Å². The predicted molar refractivity (Wildman–Crippen MR) is 36.2 cm³/mol. The molecule has 2 heteroatoms. The number of rotatable bonds is 2. The van der Waals surface area contributed by atoms with Gasteiger partial charge in [0, 0.05) is 11.7 Å². The molecule has 1 atom stereocenters. The van der Waals surface area contributed by atoms with E-state index in [-0.39, 0.29) is 6.04 Å². The van der Waals surface area contributed by atoms with Crippen LogP contribution in [0.4, 0.5) is 0 Å². The summed E-state index contributed by atoms with van der Waals surface area (Å²) in [5.74, 6) is 0. The average molecular weight is 114 g/mol. The molecule has 0 spiro atoms. The molecule has 0 radical (unpaired) electrons. The summed E-state index contributed by atoms with van der Waals surface area (Å²) in [4.78, 5) is 0. The molecule has 48 valence electrons. The molecule has 0 aromatic rings. The van der Waals surface area contributed by atoms with Crippen molar-refractivity contribution < 1.29 is 0 Å². The average Bonchev–Trinajstić information content (AvgIpc) is 1.65. The van der Waals surface area contributed by atoms with Crippen LogP contribution in [0.3, 0.4) is 0 Å². The van der Waals surface area contributed by atoms with Crippen molar-refractivity contribution in [2.75, 3.05) is 0 Å². The van der Waals surface area contributed by atoms with Crippen molar-refractivity contribution in [3.05, 3.63) is 11.8 Å². The molecule has 0 aliphatic carbocycles. The van der Waals surface area contributed by atoms with Gasteiger partial charge in [-0.1, -0.05) is 6.92 Å². The fourth-order valence-corrected chi connectivity index (χ4v) is 0.456. The Morgan fingerprint density at radius 2 is 2.25 bits per heavy atom. The van der Waals surface area contributed by atoms with Crippen molar-refractivity contribution in [1.82, 2.24) is 0 Å². The van der Waals surface area contributed by atoms with Gasteiger partial charge < -0.3 is 11.5 Å². The molecule has 0 aromatic heterocycles. The lowest BCUT2D eigenvalue weighted by atomic mass is 10.2. The number of hydrogen-bond acceptors (Lipinski definition) is 2. The van der Waals surface area contributed by atoms with Crippen LogP contribution >= 0.6 is 0 Å². The minimum atomic E-state index is 0.0925. The Labute approximate surface area is 50.6 Å². The van der Waals surface area contributed by atoms with E-state index >= 15 is 0 Å². The first-order valence-electron chi connectivity index (χ1n) is 2.88. The van der Waals surface area contributed by atoms with E-state index in [2.05, 4.69) is 0 Å². The predicted octanol–water partition coefficient (Wildman–Crippen LogP) is 0.586. The van der Waals surface area contributed by atoms with Gasteiger partial charge in [0.25, 0.3) is 0 Å². The highest BCUT2D eigenvalue weighted by molar-refractivity contribution is 4.99. The maximum Gasteiger partial charge on any atom is 0.0214 e. The molecule has 0 saturated carbocycles. The van der Waals surface area contributed by atoms with Crippen LogP contribution in [-0.4, -0.2) is 6.04 Å². The first-order valence-corrected chi connectivity index (χ1v) is 2.88. The third kappa shape index (κ3) is 3.68. The molecule has 0 bridgehead atoms. The summed E-state index contributed by atoms with van der Waals surface area (Å²) >= 11 is 0. The molecule has 0 amide bonds. The van der Waals surface area contributed by atoms with Crippen molar-refractivity contribution in [3.63, 3.8) is 0 Å². The normalized spacial score (nSPS) is 16.1. The van der Waals surface area contributed by atoms with E-state index in [1.165, 1.54) is 0 Å². The van der Waals surface area contributed by atoms with Gasteiger partial charge in [-0.15, -0.1) is 0 Å². The topological polar surface area (TPSA) is 52.0 Å². The molecular formula is C6H14N2. The van der Waals surface area contributed by atoms with Crippen LogP contribution in [0.2, 0.25) is 0 Å². The highest BCUT2D eigenvalue weighted by atomic mass is 14.6. The second kappa shape index (κ2) is 3.50. The molecule has 0 aromatic carbocycles. The van der Waals surface area contributed by atoms with Gasteiger partial charge in [-0.2, -0.15) is 0 Å². The third-order valence-electron chi connectivity index (χ3n) is 0.885. The standard InChI is InChI=1S/C6H14N2/c1-3-6(8)4-5(2)7/h4-5H,3,7-8H2,1-2H3/b6-4-. The number of nitrogens with two attached hydrogens (primary N) is 2. The van der Waals surface area contributed by atoms with Gasteiger partial charge in [-0.25, -0.2) is 0 Å². The minimum Gasteiger partial charge on any atom is -0.402 e. The molecule has 0 fully saturated rings. The molecule has 2 nitrogen and oxygen atoms in total. The largest absolute Gasteiger partial charge is 0.402 e. The van der Waals surface area contributed by atoms with Crippen molar-refractivity contribution in [3.8, 4) is 0 Å². The second-order valence-electron chi connectivity index (χ2n) is 1.95. The molecule has 0 heterocycles. The molecule has 0 saturated heterocycles. The molecule has 8 heavy (non-hydrogen) atoms. The monoisotopic (exact) mass is 114 g/mol. The van der Waals surface area contributed by atoms with E-state index < -0.39 is 0 Å². The zero-order valence-corrected chi connectivity index (χ0v) is 5.52. The first kappa shape index (κ1) is 7.50. The summed E-state index contributed by atoms with van der Waals surface area (Å²) in [6.07, 6.45) is 2.75. The first-order chi connectivity index (χ1) is 3.66. The van der Waals surface area contributed by atoms with Crippen LogP contribution in [-0.2, 0) is 0 Å². The van der Waals surface area contributed by atoms with E-state index in [1.54, 1.807) is 0 Å². The Morgan fingerprint density at radius 3 is 2.38 bits per heavy atom. The fraction of sp³-hybridized carbons (Fsp3) is 0.667.